The van der Waals surface area contributed by atoms with Crippen LogP contribution >= 0.6 is 0 Å². The summed E-state index contributed by atoms with van der Waals surface area (Å²) in [6.45, 7) is 4.73. The van der Waals surface area contributed by atoms with Gasteiger partial charge in [0, 0.05) is 18.7 Å². The number of likely N-dealkylation sites (N-methyl/N-ethyl adjacent to an activating group) is 1. The Hall–Kier alpha value is -0.650. The molecule has 3 unspecified atom stereocenters. The zero-order chi connectivity index (χ0) is 14.2. The SMILES string of the molecule is CCN(C1CCOC2(CCC2)C1)C1COCC1C(=O)O. The molecule has 5 nitrogen and oxygen atoms in total. The highest BCUT2D eigenvalue weighted by molar-refractivity contribution is 5.71. The van der Waals surface area contributed by atoms with Crippen molar-refractivity contribution in [2.45, 2.75) is 56.7 Å². The maximum absolute atomic E-state index is 11.4. The van der Waals surface area contributed by atoms with Crippen LogP contribution in [0.3, 0.4) is 0 Å². The van der Waals surface area contributed by atoms with E-state index >= 15 is 0 Å². The third-order valence-electron chi connectivity index (χ3n) is 5.36. The normalized spacial score (nSPS) is 36.2. The van der Waals surface area contributed by atoms with E-state index in [0.29, 0.717) is 19.3 Å². The average molecular weight is 283 g/mol. The zero-order valence-electron chi connectivity index (χ0n) is 12.2. The molecule has 0 aromatic carbocycles. The Labute approximate surface area is 120 Å². The first kappa shape index (κ1) is 14.3. The lowest BCUT2D eigenvalue weighted by atomic mass is 9.73. The number of hydrogen-bond donors (Lipinski definition) is 1. The fourth-order valence-corrected chi connectivity index (χ4v) is 4.07. The molecule has 1 saturated carbocycles. The Morgan fingerprint density at radius 1 is 1.40 bits per heavy atom. The first-order valence-electron chi connectivity index (χ1n) is 7.85. The van der Waals surface area contributed by atoms with Crippen LogP contribution in [0, 0.1) is 5.92 Å². The summed E-state index contributed by atoms with van der Waals surface area (Å²) in [5, 5.41) is 9.36. The molecule has 0 bridgehead atoms. The molecule has 1 N–H and O–H groups in total. The lowest BCUT2D eigenvalue weighted by molar-refractivity contribution is -0.155. The number of rotatable bonds is 4. The van der Waals surface area contributed by atoms with Crippen LogP contribution < -0.4 is 0 Å². The van der Waals surface area contributed by atoms with Crippen LogP contribution in [-0.4, -0.2) is 60.0 Å². The molecule has 2 heterocycles. The van der Waals surface area contributed by atoms with Crippen LogP contribution in [0.25, 0.3) is 0 Å². The van der Waals surface area contributed by atoms with Crippen LogP contribution in [0.5, 0.6) is 0 Å². The number of nitrogens with zero attached hydrogens (tertiary/aromatic N) is 1. The molecular weight excluding hydrogens is 258 g/mol. The molecule has 3 fully saturated rings. The quantitative estimate of drug-likeness (QED) is 0.847. The highest BCUT2D eigenvalue weighted by Crippen LogP contribution is 2.44. The van der Waals surface area contributed by atoms with E-state index < -0.39 is 5.97 Å². The van der Waals surface area contributed by atoms with Gasteiger partial charge in [-0.05, 0) is 38.6 Å². The summed E-state index contributed by atoms with van der Waals surface area (Å²) < 4.78 is 11.4. The predicted octanol–water partition coefficient (Wildman–Crippen LogP) is 1.51. The predicted molar refractivity (Wildman–Crippen MR) is 73.7 cm³/mol. The molecule has 0 aromatic rings. The van der Waals surface area contributed by atoms with Crippen molar-refractivity contribution < 1.29 is 19.4 Å². The smallest absolute Gasteiger partial charge is 0.310 e. The molecular formula is C15H25NO4. The molecule has 20 heavy (non-hydrogen) atoms. The van der Waals surface area contributed by atoms with Gasteiger partial charge < -0.3 is 14.6 Å². The van der Waals surface area contributed by atoms with Crippen molar-refractivity contribution in [1.29, 1.82) is 0 Å². The van der Waals surface area contributed by atoms with E-state index in [-0.39, 0.29) is 17.6 Å². The zero-order valence-corrected chi connectivity index (χ0v) is 12.2. The van der Waals surface area contributed by atoms with Crippen LogP contribution in [0.1, 0.15) is 39.0 Å². The Morgan fingerprint density at radius 2 is 2.20 bits per heavy atom. The molecule has 5 heteroatoms. The van der Waals surface area contributed by atoms with E-state index in [1.165, 1.54) is 19.3 Å². The number of hydrogen-bond acceptors (Lipinski definition) is 4. The third-order valence-corrected chi connectivity index (χ3v) is 5.36. The van der Waals surface area contributed by atoms with Crippen LogP contribution in [0.4, 0.5) is 0 Å². The molecule has 0 aromatic heterocycles. The van der Waals surface area contributed by atoms with Crippen molar-refractivity contribution >= 4 is 5.97 Å². The number of carboxylic acid groups (broad SMARTS) is 1. The molecule has 1 spiro atoms. The molecule has 3 rings (SSSR count). The standard InChI is InChI=1S/C15H25NO4/c1-2-16(13-10-19-9-12(13)14(17)18)11-4-7-20-15(8-11)5-3-6-15/h11-13H,2-10H2,1H3,(H,17,18). The maximum Gasteiger partial charge on any atom is 0.310 e. The molecule has 0 amide bonds. The number of ether oxygens (including phenoxy) is 2. The first-order chi connectivity index (χ1) is 9.65. The first-order valence-corrected chi connectivity index (χ1v) is 7.85. The van der Waals surface area contributed by atoms with E-state index in [1.54, 1.807) is 0 Å². The Balaban J connectivity index is 1.70. The van der Waals surface area contributed by atoms with Gasteiger partial charge in [0.05, 0.1) is 24.7 Å². The summed E-state index contributed by atoms with van der Waals surface area (Å²) in [5.74, 6) is -1.11. The summed E-state index contributed by atoms with van der Waals surface area (Å²) in [7, 11) is 0. The van der Waals surface area contributed by atoms with Gasteiger partial charge in [0.25, 0.3) is 0 Å². The summed E-state index contributed by atoms with van der Waals surface area (Å²) in [5.41, 5.74) is 0.106. The second kappa shape index (κ2) is 5.62. The minimum atomic E-state index is -0.726. The fourth-order valence-electron chi connectivity index (χ4n) is 4.07. The molecule has 1 aliphatic carbocycles. The largest absolute Gasteiger partial charge is 0.481 e. The summed E-state index contributed by atoms with van der Waals surface area (Å²) in [4.78, 5) is 13.7. The van der Waals surface area contributed by atoms with Gasteiger partial charge in [0.2, 0.25) is 0 Å². The second-order valence-corrected chi connectivity index (χ2v) is 6.41. The third kappa shape index (κ3) is 2.47. The van der Waals surface area contributed by atoms with Gasteiger partial charge in [-0.25, -0.2) is 0 Å². The topological polar surface area (TPSA) is 59.0 Å². The molecule has 2 aliphatic heterocycles. The van der Waals surface area contributed by atoms with Crippen LogP contribution in [0.2, 0.25) is 0 Å². The molecule has 0 radical (unpaired) electrons. The number of carboxylic acids is 1. The Morgan fingerprint density at radius 3 is 2.80 bits per heavy atom. The molecule has 3 atom stereocenters. The van der Waals surface area contributed by atoms with E-state index in [0.717, 1.165) is 26.0 Å². The second-order valence-electron chi connectivity index (χ2n) is 6.41. The number of aliphatic carboxylic acids is 1. The Bertz CT molecular complexity index is 369. The maximum atomic E-state index is 11.4. The van der Waals surface area contributed by atoms with Crippen molar-refractivity contribution in [3.05, 3.63) is 0 Å². The summed E-state index contributed by atoms with van der Waals surface area (Å²) >= 11 is 0. The van der Waals surface area contributed by atoms with Gasteiger partial charge in [-0.15, -0.1) is 0 Å². The van der Waals surface area contributed by atoms with Crippen LogP contribution in [-0.2, 0) is 14.3 Å². The Kier molecular flexibility index (Phi) is 4.02. The van der Waals surface area contributed by atoms with E-state index in [1.807, 2.05) is 0 Å². The highest BCUT2D eigenvalue weighted by Gasteiger charge is 2.47. The summed E-state index contributed by atoms with van der Waals surface area (Å²) in [6, 6.07) is 0.473. The van der Waals surface area contributed by atoms with Gasteiger partial charge in [-0.1, -0.05) is 6.92 Å². The van der Waals surface area contributed by atoms with Crippen molar-refractivity contribution in [3.63, 3.8) is 0 Å². The fraction of sp³-hybridized carbons (Fsp3) is 0.933. The monoisotopic (exact) mass is 283 g/mol. The van der Waals surface area contributed by atoms with Gasteiger partial charge in [0.1, 0.15) is 0 Å². The highest BCUT2D eigenvalue weighted by atomic mass is 16.5. The van der Waals surface area contributed by atoms with Gasteiger partial charge in [-0.2, -0.15) is 0 Å². The lowest BCUT2D eigenvalue weighted by Gasteiger charge is -2.50. The minimum Gasteiger partial charge on any atom is -0.481 e. The van der Waals surface area contributed by atoms with Gasteiger partial charge in [-0.3, -0.25) is 9.69 Å². The van der Waals surface area contributed by atoms with E-state index in [9.17, 15) is 9.90 Å². The molecule has 114 valence electrons. The summed E-state index contributed by atoms with van der Waals surface area (Å²) in [6.07, 6.45) is 5.68. The van der Waals surface area contributed by atoms with Crippen molar-refractivity contribution in [1.82, 2.24) is 4.90 Å². The van der Waals surface area contributed by atoms with Crippen LogP contribution in [0.15, 0.2) is 0 Å². The lowest BCUT2D eigenvalue weighted by Crippen LogP contribution is -2.56. The van der Waals surface area contributed by atoms with Crippen molar-refractivity contribution in [3.8, 4) is 0 Å². The van der Waals surface area contributed by atoms with E-state index in [2.05, 4.69) is 11.8 Å². The van der Waals surface area contributed by atoms with Gasteiger partial charge in [0.15, 0.2) is 0 Å². The minimum absolute atomic E-state index is 0.0257. The van der Waals surface area contributed by atoms with Crippen molar-refractivity contribution in [2.24, 2.45) is 5.92 Å². The molecule has 3 aliphatic rings. The van der Waals surface area contributed by atoms with Gasteiger partial charge >= 0.3 is 5.97 Å². The average Bonchev–Trinajstić information content (AvgIpc) is 2.88. The molecule has 2 saturated heterocycles. The number of carbonyl (C=O) groups is 1. The van der Waals surface area contributed by atoms with E-state index in [4.69, 9.17) is 9.47 Å². The van der Waals surface area contributed by atoms with Crippen molar-refractivity contribution in [2.75, 3.05) is 26.4 Å².